The molecule has 0 radical (unpaired) electrons. The van der Waals surface area contributed by atoms with Gasteiger partial charge in [-0.3, -0.25) is 4.79 Å². The number of carbonyl (C=O) groups is 1. The summed E-state index contributed by atoms with van der Waals surface area (Å²) in [5, 5.41) is 8.59. The summed E-state index contributed by atoms with van der Waals surface area (Å²) in [4.78, 5) is 14.2. The Morgan fingerprint density at radius 3 is 2.55 bits per heavy atom. The van der Waals surface area contributed by atoms with Crippen LogP contribution in [0.25, 0.3) is 0 Å². The lowest BCUT2D eigenvalue weighted by Gasteiger charge is -2.17. The molecule has 0 spiro atoms. The Morgan fingerprint density at radius 2 is 1.84 bits per heavy atom. The molecule has 8 heteroatoms. The molecule has 1 amide bonds. The molecule has 0 bridgehead atoms. The van der Waals surface area contributed by atoms with Gasteiger partial charge in [-0.1, -0.05) is 55.1 Å². The van der Waals surface area contributed by atoms with E-state index in [1.807, 2.05) is 36.4 Å². The average molecular weight is 442 g/mol. The number of hydrogen-bond acceptors (Lipinski definition) is 7. The molecule has 0 fully saturated rings. The summed E-state index contributed by atoms with van der Waals surface area (Å²) in [6, 6.07) is 15.8. The fourth-order valence-electron chi connectivity index (χ4n) is 3.12. The highest BCUT2D eigenvalue weighted by atomic mass is 32.2. The van der Waals surface area contributed by atoms with Crippen LogP contribution in [0.1, 0.15) is 29.9 Å². The zero-order valence-electron chi connectivity index (χ0n) is 18.2. The van der Waals surface area contributed by atoms with Gasteiger partial charge in [0.05, 0.1) is 20.0 Å². The zero-order chi connectivity index (χ0) is 22.2. The number of ether oxygens (including phenoxy) is 2. The van der Waals surface area contributed by atoms with Gasteiger partial charge in [0.25, 0.3) is 5.22 Å². The van der Waals surface area contributed by atoms with Crippen molar-refractivity contribution in [3.63, 3.8) is 0 Å². The van der Waals surface area contributed by atoms with Crippen molar-refractivity contribution in [2.24, 2.45) is 0 Å². The van der Waals surface area contributed by atoms with Crippen molar-refractivity contribution in [3.05, 3.63) is 65.5 Å². The van der Waals surface area contributed by atoms with E-state index in [1.165, 1.54) is 17.3 Å². The molecule has 164 valence electrons. The number of carbonyl (C=O) groups excluding carboxylic acids is 1. The minimum absolute atomic E-state index is 0.0304. The largest absolute Gasteiger partial charge is 0.493 e. The van der Waals surface area contributed by atoms with Gasteiger partial charge in [-0.2, -0.15) is 0 Å². The molecule has 0 N–H and O–H groups in total. The van der Waals surface area contributed by atoms with Gasteiger partial charge in [0, 0.05) is 20.0 Å². The normalized spacial score (nSPS) is 11.7. The summed E-state index contributed by atoms with van der Waals surface area (Å²) in [6.07, 6.45) is 0.657. The molecule has 3 aromatic rings. The van der Waals surface area contributed by atoms with Crippen LogP contribution in [0.3, 0.4) is 0 Å². The monoisotopic (exact) mass is 441 g/mol. The number of rotatable bonds is 10. The molecule has 0 saturated carbocycles. The molecule has 0 saturated heterocycles. The molecular weight excluding hydrogens is 414 g/mol. The lowest BCUT2D eigenvalue weighted by Crippen LogP contribution is -2.27. The van der Waals surface area contributed by atoms with Crippen LogP contribution in [-0.2, 0) is 17.8 Å². The third-order valence-corrected chi connectivity index (χ3v) is 5.71. The maximum absolute atomic E-state index is 12.5. The molecule has 0 aliphatic carbocycles. The van der Waals surface area contributed by atoms with Crippen LogP contribution >= 0.6 is 11.8 Å². The highest BCUT2D eigenvalue weighted by molar-refractivity contribution is 7.99. The Morgan fingerprint density at radius 1 is 1.10 bits per heavy atom. The van der Waals surface area contributed by atoms with E-state index in [0.717, 1.165) is 5.56 Å². The predicted octanol–water partition coefficient (Wildman–Crippen LogP) is 4.18. The highest BCUT2D eigenvalue weighted by Crippen LogP contribution is 2.28. The summed E-state index contributed by atoms with van der Waals surface area (Å²) >= 11 is 1.25. The number of thioether (sulfide) groups is 1. The third kappa shape index (κ3) is 6.24. The smallest absolute Gasteiger partial charge is 0.277 e. The first-order valence-corrected chi connectivity index (χ1v) is 10.9. The van der Waals surface area contributed by atoms with Crippen molar-refractivity contribution in [1.29, 1.82) is 0 Å². The van der Waals surface area contributed by atoms with Gasteiger partial charge in [0.2, 0.25) is 11.8 Å². The molecule has 2 aromatic carbocycles. The van der Waals surface area contributed by atoms with Crippen molar-refractivity contribution in [1.82, 2.24) is 15.1 Å². The Hall–Kier alpha value is -3.00. The first-order valence-electron chi connectivity index (χ1n) is 9.95. The van der Waals surface area contributed by atoms with Crippen molar-refractivity contribution in [2.75, 3.05) is 27.0 Å². The van der Waals surface area contributed by atoms with Crippen LogP contribution < -0.4 is 9.47 Å². The molecule has 0 aliphatic rings. The van der Waals surface area contributed by atoms with Crippen LogP contribution in [0, 0.1) is 0 Å². The van der Waals surface area contributed by atoms with Crippen LogP contribution in [0.4, 0.5) is 0 Å². The SMILES string of the molecule is COc1ccc(CN(C)C(=O)CSc2nnc(CC(C)c3ccccc3)o2)cc1OC. The first kappa shape index (κ1) is 22.7. The Labute approximate surface area is 186 Å². The van der Waals surface area contributed by atoms with Gasteiger partial charge in [-0.15, -0.1) is 10.2 Å². The van der Waals surface area contributed by atoms with Crippen LogP contribution in [0.15, 0.2) is 58.2 Å². The Kier molecular flexibility index (Phi) is 7.94. The maximum atomic E-state index is 12.5. The standard InChI is InChI=1S/C23H27N3O4S/c1-16(18-8-6-5-7-9-18)12-21-24-25-23(30-21)31-15-22(27)26(2)14-17-10-11-19(28-3)20(13-17)29-4/h5-11,13,16H,12,14-15H2,1-4H3. The van der Waals surface area contributed by atoms with Crippen LogP contribution in [-0.4, -0.2) is 48.0 Å². The number of benzene rings is 2. The van der Waals surface area contributed by atoms with Crippen molar-refractivity contribution in [3.8, 4) is 11.5 Å². The zero-order valence-corrected chi connectivity index (χ0v) is 19.0. The van der Waals surface area contributed by atoms with E-state index < -0.39 is 0 Å². The van der Waals surface area contributed by atoms with E-state index >= 15 is 0 Å². The van der Waals surface area contributed by atoms with Gasteiger partial charge in [0.1, 0.15) is 0 Å². The van der Waals surface area contributed by atoms with E-state index in [9.17, 15) is 4.79 Å². The molecule has 1 unspecified atom stereocenters. The minimum Gasteiger partial charge on any atom is -0.493 e. The van der Waals surface area contributed by atoms with Crippen LogP contribution in [0.5, 0.6) is 11.5 Å². The molecule has 31 heavy (non-hydrogen) atoms. The van der Waals surface area contributed by atoms with E-state index in [4.69, 9.17) is 13.9 Å². The molecule has 1 aromatic heterocycles. The molecule has 3 rings (SSSR count). The Balaban J connectivity index is 1.50. The third-order valence-electron chi connectivity index (χ3n) is 4.91. The molecule has 7 nitrogen and oxygen atoms in total. The van der Waals surface area contributed by atoms with Gasteiger partial charge < -0.3 is 18.8 Å². The molecular formula is C23H27N3O4S. The quantitative estimate of drug-likeness (QED) is 0.437. The Bertz CT molecular complexity index is 993. The van der Waals surface area contributed by atoms with Crippen molar-refractivity contribution >= 4 is 17.7 Å². The first-order chi connectivity index (χ1) is 15.0. The second-order valence-corrected chi connectivity index (χ2v) is 8.13. The molecule has 0 aliphatic heterocycles. The summed E-state index contributed by atoms with van der Waals surface area (Å²) in [6.45, 7) is 2.59. The van der Waals surface area contributed by atoms with E-state index in [0.29, 0.717) is 35.6 Å². The van der Waals surface area contributed by atoms with Crippen molar-refractivity contribution < 1.29 is 18.7 Å². The topological polar surface area (TPSA) is 77.7 Å². The minimum atomic E-state index is -0.0304. The second kappa shape index (κ2) is 10.9. The number of aromatic nitrogens is 2. The summed E-state index contributed by atoms with van der Waals surface area (Å²) in [5.41, 5.74) is 2.18. The predicted molar refractivity (Wildman–Crippen MR) is 120 cm³/mol. The highest BCUT2D eigenvalue weighted by Gasteiger charge is 2.16. The maximum Gasteiger partial charge on any atom is 0.277 e. The number of hydrogen-bond donors (Lipinski definition) is 0. The molecule has 1 heterocycles. The van der Waals surface area contributed by atoms with Crippen LogP contribution in [0.2, 0.25) is 0 Å². The summed E-state index contributed by atoms with van der Waals surface area (Å²) in [7, 11) is 4.95. The lowest BCUT2D eigenvalue weighted by atomic mass is 9.98. The lowest BCUT2D eigenvalue weighted by molar-refractivity contribution is -0.127. The van der Waals surface area contributed by atoms with Gasteiger partial charge >= 0.3 is 0 Å². The van der Waals surface area contributed by atoms with Gasteiger partial charge in [-0.25, -0.2) is 0 Å². The van der Waals surface area contributed by atoms with Crippen molar-refractivity contribution in [2.45, 2.75) is 31.0 Å². The summed E-state index contributed by atoms with van der Waals surface area (Å²) < 4.78 is 16.3. The van der Waals surface area contributed by atoms with Gasteiger partial charge in [0.15, 0.2) is 11.5 Å². The number of nitrogens with zero attached hydrogens (tertiary/aromatic N) is 3. The molecule has 1 atom stereocenters. The number of methoxy groups -OCH3 is 2. The van der Waals surface area contributed by atoms with E-state index in [-0.39, 0.29) is 17.6 Å². The second-order valence-electron chi connectivity index (χ2n) is 7.21. The van der Waals surface area contributed by atoms with E-state index in [2.05, 4.69) is 29.3 Å². The summed E-state index contributed by atoms with van der Waals surface area (Å²) in [5.74, 6) is 2.33. The van der Waals surface area contributed by atoms with E-state index in [1.54, 1.807) is 26.2 Å². The number of amides is 1. The van der Waals surface area contributed by atoms with Gasteiger partial charge in [-0.05, 0) is 29.2 Å². The average Bonchev–Trinajstić information content (AvgIpc) is 3.25. The fraction of sp³-hybridized carbons (Fsp3) is 0.348. The fourth-order valence-corrected chi connectivity index (χ4v) is 3.84.